The third-order valence-corrected chi connectivity index (χ3v) is 7.02. The Morgan fingerprint density at radius 1 is 1.06 bits per heavy atom. The fraction of sp³-hybridized carbons (Fsp3) is 0.280. The van der Waals surface area contributed by atoms with Crippen LogP contribution in [0.15, 0.2) is 64.0 Å². The van der Waals surface area contributed by atoms with Crippen molar-refractivity contribution in [3.05, 3.63) is 70.4 Å². The Morgan fingerprint density at radius 2 is 1.94 bits per heavy atom. The zero-order valence-electron chi connectivity index (χ0n) is 18.2. The molecule has 2 aromatic carbocycles. The molecule has 5 nitrogen and oxygen atoms in total. The molecule has 2 aliphatic rings. The van der Waals surface area contributed by atoms with E-state index in [-0.39, 0.29) is 5.69 Å². The van der Waals surface area contributed by atoms with Crippen molar-refractivity contribution in [2.24, 2.45) is 27.8 Å². The van der Waals surface area contributed by atoms with Crippen LogP contribution < -0.4 is 14.3 Å². The van der Waals surface area contributed by atoms with Crippen LogP contribution in [0.1, 0.15) is 12.8 Å². The van der Waals surface area contributed by atoms with E-state index in [0.717, 1.165) is 23.7 Å². The topological polar surface area (TPSA) is 48.1 Å². The summed E-state index contributed by atoms with van der Waals surface area (Å²) in [7, 11) is 3.19. The molecular weight excluding hydrogens is 444 g/mol. The summed E-state index contributed by atoms with van der Waals surface area (Å²) >= 11 is 1.33. The van der Waals surface area contributed by atoms with Crippen LogP contribution in [0.25, 0.3) is 11.3 Å². The van der Waals surface area contributed by atoms with Crippen LogP contribution in [0.5, 0.6) is 11.5 Å². The largest absolute Gasteiger partial charge is 0.497 e. The predicted octanol–water partition coefficient (Wildman–Crippen LogP) is 5.79. The molecule has 0 spiro atoms. The molecule has 170 valence electrons. The van der Waals surface area contributed by atoms with Gasteiger partial charge < -0.3 is 9.47 Å². The van der Waals surface area contributed by atoms with Crippen LogP contribution >= 0.6 is 11.3 Å². The van der Waals surface area contributed by atoms with Crippen LogP contribution in [0.2, 0.25) is 0 Å². The van der Waals surface area contributed by atoms with E-state index in [1.807, 2.05) is 23.7 Å². The summed E-state index contributed by atoms with van der Waals surface area (Å²) in [5.74, 6) is 1.42. The van der Waals surface area contributed by atoms with Crippen molar-refractivity contribution in [2.75, 3.05) is 14.2 Å². The molecule has 5 rings (SSSR count). The average Bonchev–Trinajstić information content (AvgIpc) is 3.55. The summed E-state index contributed by atoms with van der Waals surface area (Å²) in [6.45, 7) is 0. The molecule has 1 fully saturated rings. The molecule has 1 saturated carbocycles. The number of thiazole rings is 1. The summed E-state index contributed by atoms with van der Waals surface area (Å²) in [6, 6.07) is 8.90. The second-order valence-corrected chi connectivity index (χ2v) is 9.03. The van der Waals surface area contributed by atoms with E-state index in [0.29, 0.717) is 34.1 Å². The Labute approximate surface area is 194 Å². The molecule has 33 heavy (non-hydrogen) atoms. The van der Waals surface area contributed by atoms with Crippen molar-refractivity contribution in [1.82, 2.24) is 4.68 Å². The summed E-state index contributed by atoms with van der Waals surface area (Å²) in [4.78, 5) is 4.93. The predicted molar refractivity (Wildman–Crippen MR) is 125 cm³/mol. The van der Waals surface area contributed by atoms with Gasteiger partial charge in [0.25, 0.3) is 0 Å². The second kappa shape index (κ2) is 8.94. The fourth-order valence-electron chi connectivity index (χ4n) is 4.51. The summed E-state index contributed by atoms with van der Waals surface area (Å²) in [5, 5.41) is 6.70. The molecule has 0 radical (unpaired) electrons. The highest BCUT2D eigenvalue weighted by Gasteiger charge is 2.34. The first-order valence-electron chi connectivity index (χ1n) is 10.7. The standard InChI is InChI=1S/C25H23F2N3O2S/c1-31-19-6-7-20(24(12-19)32-2)23-14-33-25(29-22-8-5-18(26)11-21(22)27)30(23)28-13-17-10-15-3-4-16(17)9-15/h3-8,11-17H,9-10H2,1-2H3. The van der Waals surface area contributed by atoms with Crippen LogP contribution in [0.4, 0.5) is 14.5 Å². The van der Waals surface area contributed by atoms with E-state index in [4.69, 9.17) is 14.6 Å². The lowest BCUT2D eigenvalue weighted by Crippen LogP contribution is -2.15. The van der Waals surface area contributed by atoms with Gasteiger partial charge in [-0.25, -0.2) is 18.4 Å². The van der Waals surface area contributed by atoms with Gasteiger partial charge in [0, 0.05) is 35.2 Å². The van der Waals surface area contributed by atoms with E-state index in [1.165, 1.54) is 29.9 Å². The SMILES string of the molecule is COc1ccc(-c2csc(=Nc3ccc(F)cc3F)n2N=CC2CC3C=CC2C3)c(OC)c1. The number of hydrogen-bond acceptors (Lipinski definition) is 5. The maximum atomic E-state index is 14.3. The van der Waals surface area contributed by atoms with Gasteiger partial charge in [-0.1, -0.05) is 12.2 Å². The third-order valence-electron chi connectivity index (χ3n) is 6.20. The van der Waals surface area contributed by atoms with Gasteiger partial charge in [0.1, 0.15) is 23.0 Å². The highest BCUT2D eigenvalue weighted by molar-refractivity contribution is 7.07. The van der Waals surface area contributed by atoms with Gasteiger partial charge in [-0.05, 0) is 48.9 Å². The first-order chi connectivity index (χ1) is 16.1. The molecule has 0 aliphatic heterocycles. The molecule has 0 saturated heterocycles. The van der Waals surface area contributed by atoms with Gasteiger partial charge in [0.2, 0.25) is 4.80 Å². The molecule has 3 aromatic rings. The number of fused-ring (bicyclic) bond motifs is 2. The maximum absolute atomic E-state index is 14.3. The molecule has 1 heterocycles. The number of benzene rings is 2. The smallest absolute Gasteiger partial charge is 0.211 e. The first-order valence-corrected chi connectivity index (χ1v) is 11.6. The average molecular weight is 468 g/mol. The van der Waals surface area contributed by atoms with Gasteiger partial charge in [0.05, 0.1) is 19.9 Å². The summed E-state index contributed by atoms with van der Waals surface area (Å²) in [5.41, 5.74) is 1.62. The number of halogens is 2. The molecule has 2 bridgehead atoms. The minimum Gasteiger partial charge on any atom is -0.497 e. The zero-order chi connectivity index (χ0) is 22.9. The van der Waals surface area contributed by atoms with Gasteiger partial charge in [-0.2, -0.15) is 5.10 Å². The third kappa shape index (κ3) is 4.23. The fourth-order valence-corrected chi connectivity index (χ4v) is 5.35. The molecule has 1 aromatic heterocycles. The normalized spacial score (nSPS) is 21.9. The number of hydrogen-bond donors (Lipinski definition) is 0. The van der Waals surface area contributed by atoms with Gasteiger partial charge >= 0.3 is 0 Å². The molecule has 0 amide bonds. The van der Waals surface area contributed by atoms with Crippen molar-refractivity contribution in [3.8, 4) is 22.8 Å². The molecule has 8 heteroatoms. The highest BCUT2D eigenvalue weighted by atomic mass is 32.1. The molecule has 0 N–H and O–H groups in total. The van der Waals surface area contributed by atoms with Gasteiger partial charge in [-0.15, -0.1) is 11.3 Å². The van der Waals surface area contributed by atoms with E-state index in [9.17, 15) is 8.78 Å². The minimum atomic E-state index is -0.722. The number of allylic oxidation sites excluding steroid dienone is 2. The van der Waals surface area contributed by atoms with Crippen LogP contribution in [-0.4, -0.2) is 25.1 Å². The van der Waals surface area contributed by atoms with E-state index >= 15 is 0 Å². The number of nitrogens with zero attached hydrogens (tertiary/aromatic N) is 3. The molecule has 3 atom stereocenters. The van der Waals surface area contributed by atoms with Crippen molar-refractivity contribution in [3.63, 3.8) is 0 Å². The first kappa shape index (κ1) is 21.6. The quantitative estimate of drug-likeness (QED) is 0.340. The van der Waals surface area contributed by atoms with E-state index < -0.39 is 11.6 Å². The maximum Gasteiger partial charge on any atom is 0.211 e. The Kier molecular flexibility index (Phi) is 5.85. The monoisotopic (exact) mass is 467 g/mol. The zero-order valence-corrected chi connectivity index (χ0v) is 19.1. The van der Waals surface area contributed by atoms with Crippen LogP contribution in [-0.2, 0) is 0 Å². The van der Waals surface area contributed by atoms with Crippen molar-refractivity contribution in [2.45, 2.75) is 12.8 Å². The number of ether oxygens (including phenoxy) is 2. The number of methoxy groups -OCH3 is 2. The van der Waals surface area contributed by atoms with Crippen LogP contribution in [0, 0.1) is 29.4 Å². The molecular formula is C25H23F2N3O2S. The number of rotatable bonds is 6. The Morgan fingerprint density at radius 3 is 2.64 bits per heavy atom. The molecule has 3 unspecified atom stereocenters. The van der Waals surface area contributed by atoms with Gasteiger partial charge in [0.15, 0.2) is 5.82 Å². The second-order valence-electron chi connectivity index (χ2n) is 8.20. The minimum absolute atomic E-state index is 0.0540. The molecule has 2 aliphatic carbocycles. The Bertz CT molecular complexity index is 1310. The summed E-state index contributed by atoms with van der Waals surface area (Å²) < 4.78 is 40.3. The van der Waals surface area contributed by atoms with Crippen molar-refractivity contribution < 1.29 is 18.3 Å². The van der Waals surface area contributed by atoms with Crippen molar-refractivity contribution in [1.29, 1.82) is 0 Å². The summed E-state index contributed by atoms with van der Waals surface area (Å²) in [6.07, 6.45) is 8.78. The lowest BCUT2D eigenvalue weighted by Gasteiger charge is -2.13. The Balaban J connectivity index is 1.62. The lowest BCUT2D eigenvalue weighted by atomic mass is 9.95. The highest BCUT2D eigenvalue weighted by Crippen LogP contribution is 2.42. The van der Waals surface area contributed by atoms with Crippen molar-refractivity contribution >= 4 is 23.2 Å². The lowest BCUT2D eigenvalue weighted by molar-refractivity contribution is 0.395. The van der Waals surface area contributed by atoms with E-state index in [1.54, 1.807) is 25.0 Å². The Hall–Kier alpha value is -3.26. The van der Waals surface area contributed by atoms with Crippen LogP contribution in [0.3, 0.4) is 0 Å². The van der Waals surface area contributed by atoms with E-state index in [2.05, 4.69) is 17.1 Å². The number of aromatic nitrogens is 1. The van der Waals surface area contributed by atoms with Gasteiger partial charge in [-0.3, -0.25) is 0 Å².